The number of amides is 1. The van der Waals surface area contributed by atoms with Gasteiger partial charge in [0, 0.05) is 12.2 Å². The average molecular weight is 404 g/mol. The molecule has 0 saturated heterocycles. The molecule has 0 aliphatic rings. The SMILES string of the molecule is CCn1c(COc2ccccc2F)nnc1SCC(=O)Nc1ccc(F)cc1. The predicted molar refractivity (Wildman–Crippen MR) is 102 cm³/mol. The Balaban J connectivity index is 1.58. The molecular formula is C19H18F2N4O2S. The van der Waals surface area contributed by atoms with Crippen molar-refractivity contribution >= 4 is 23.4 Å². The molecular weight excluding hydrogens is 386 g/mol. The molecule has 146 valence electrons. The van der Waals surface area contributed by atoms with Crippen molar-refractivity contribution in [2.24, 2.45) is 0 Å². The number of aromatic nitrogens is 3. The summed E-state index contributed by atoms with van der Waals surface area (Å²) in [4.78, 5) is 12.1. The van der Waals surface area contributed by atoms with Gasteiger partial charge in [0.1, 0.15) is 12.4 Å². The number of ether oxygens (including phenoxy) is 1. The lowest BCUT2D eigenvalue weighted by Gasteiger charge is -2.09. The van der Waals surface area contributed by atoms with E-state index in [0.717, 1.165) is 0 Å². The Morgan fingerprint density at radius 2 is 1.89 bits per heavy atom. The minimum atomic E-state index is -0.447. The second-order valence-corrected chi connectivity index (χ2v) is 6.65. The van der Waals surface area contributed by atoms with Gasteiger partial charge in [-0.15, -0.1) is 10.2 Å². The fraction of sp³-hybridized carbons (Fsp3) is 0.211. The molecule has 6 nitrogen and oxygen atoms in total. The standard InChI is InChI=1S/C19H18F2N4O2S/c1-2-25-17(11-27-16-6-4-3-5-15(16)21)23-24-19(25)28-12-18(26)22-14-9-7-13(20)8-10-14/h3-10H,2,11-12H2,1H3,(H,22,26). The van der Waals surface area contributed by atoms with Gasteiger partial charge < -0.3 is 14.6 Å². The van der Waals surface area contributed by atoms with Crippen molar-refractivity contribution in [3.63, 3.8) is 0 Å². The Kier molecular flexibility index (Phi) is 6.59. The Hall–Kier alpha value is -2.94. The zero-order chi connectivity index (χ0) is 19.9. The van der Waals surface area contributed by atoms with Gasteiger partial charge in [-0.3, -0.25) is 4.79 Å². The Labute approximate surface area is 164 Å². The van der Waals surface area contributed by atoms with Crippen LogP contribution in [0.3, 0.4) is 0 Å². The predicted octanol–water partition coefficient (Wildman–Crippen LogP) is 3.89. The van der Waals surface area contributed by atoms with Crippen molar-refractivity contribution in [1.29, 1.82) is 0 Å². The number of carbonyl (C=O) groups is 1. The highest BCUT2D eigenvalue weighted by Crippen LogP contribution is 2.20. The molecule has 1 aromatic heterocycles. The van der Waals surface area contributed by atoms with Crippen molar-refractivity contribution in [2.75, 3.05) is 11.1 Å². The molecule has 2 aromatic carbocycles. The van der Waals surface area contributed by atoms with Gasteiger partial charge in [-0.1, -0.05) is 23.9 Å². The monoisotopic (exact) mass is 404 g/mol. The number of nitrogens with zero attached hydrogens (tertiary/aromatic N) is 3. The van der Waals surface area contributed by atoms with Crippen LogP contribution in [0.2, 0.25) is 0 Å². The molecule has 1 amide bonds. The second kappa shape index (κ2) is 9.32. The van der Waals surface area contributed by atoms with Crippen molar-refractivity contribution in [3.05, 3.63) is 66.0 Å². The maximum atomic E-state index is 13.7. The van der Waals surface area contributed by atoms with E-state index in [4.69, 9.17) is 4.74 Å². The first-order chi connectivity index (χ1) is 13.6. The summed E-state index contributed by atoms with van der Waals surface area (Å²) in [6.45, 7) is 2.55. The molecule has 3 aromatic rings. The van der Waals surface area contributed by atoms with E-state index in [-0.39, 0.29) is 29.8 Å². The highest BCUT2D eigenvalue weighted by molar-refractivity contribution is 7.99. The van der Waals surface area contributed by atoms with Crippen molar-refractivity contribution in [1.82, 2.24) is 14.8 Å². The summed E-state index contributed by atoms with van der Waals surface area (Å²) in [5.41, 5.74) is 0.517. The number of halogens is 2. The molecule has 0 aliphatic heterocycles. The number of para-hydroxylation sites is 1. The second-order valence-electron chi connectivity index (χ2n) is 5.71. The number of nitrogens with one attached hydrogen (secondary N) is 1. The molecule has 0 fully saturated rings. The van der Waals surface area contributed by atoms with Gasteiger partial charge in [0.05, 0.1) is 5.75 Å². The van der Waals surface area contributed by atoms with Crippen LogP contribution in [0, 0.1) is 11.6 Å². The molecule has 0 unspecified atom stereocenters. The third-order valence-corrected chi connectivity index (χ3v) is 4.73. The molecule has 1 heterocycles. The average Bonchev–Trinajstić information content (AvgIpc) is 3.09. The van der Waals surface area contributed by atoms with Gasteiger partial charge >= 0.3 is 0 Å². The summed E-state index contributed by atoms with van der Waals surface area (Å²) >= 11 is 1.22. The van der Waals surface area contributed by atoms with Gasteiger partial charge in [0.2, 0.25) is 5.91 Å². The number of hydrogen-bond acceptors (Lipinski definition) is 5. The first-order valence-corrected chi connectivity index (χ1v) is 9.53. The first-order valence-electron chi connectivity index (χ1n) is 8.54. The van der Waals surface area contributed by atoms with E-state index in [9.17, 15) is 13.6 Å². The summed E-state index contributed by atoms with van der Waals surface area (Å²) in [5, 5.41) is 11.4. The van der Waals surface area contributed by atoms with Crippen LogP contribution in [0.1, 0.15) is 12.7 Å². The lowest BCUT2D eigenvalue weighted by Crippen LogP contribution is -2.15. The van der Waals surface area contributed by atoms with Gasteiger partial charge in [0.25, 0.3) is 0 Å². The summed E-state index contributed by atoms with van der Waals surface area (Å²) in [7, 11) is 0. The fourth-order valence-corrected chi connectivity index (χ4v) is 3.24. The number of anilines is 1. The first kappa shape index (κ1) is 19.8. The molecule has 0 atom stereocenters. The van der Waals surface area contributed by atoms with Crippen LogP contribution in [0.15, 0.2) is 53.7 Å². The van der Waals surface area contributed by atoms with E-state index in [1.54, 1.807) is 16.7 Å². The van der Waals surface area contributed by atoms with Gasteiger partial charge in [-0.05, 0) is 43.3 Å². The number of rotatable bonds is 8. The van der Waals surface area contributed by atoms with Crippen LogP contribution in [0.4, 0.5) is 14.5 Å². The van der Waals surface area contributed by atoms with E-state index in [0.29, 0.717) is 23.2 Å². The summed E-state index contributed by atoms with van der Waals surface area (Å²) in [6, 6.07) is 11.7. The number of thioether (sulfide) groups is 1. The van der Waals surface area contributed by atoms with Crippen LogP contribution in [-0.4, -0.2) is 26.4 Å². The zero-order valence-electron chi connectivity index (χ0n) is 15.1. The largest absolute Gasteiger partial charge is 0.483 e. The molecule has 3 rings (SSSR count). The molecule has 28 heavy (non-hydrogen) atoms. The van der Waals surface area contributed by atoms with Crippen LogP contribution >= 0.6 is 11.8 Å². The lowest BCUT2D eigenvalue weighted by molar-refractivity contribution is -0.113. The van der Waals surface area contributed by atoms with Crippen molar-refractivity contribution in [3.8, 4) is 5.75 Å². The highest BCUT2D eigenvalue weighted by atomic mass is 32.2. The maximum absolute atomic E-state index is 13.7. The Bertz CT molecular complexity index is 947. The van der Waals surface area contributed by atoms with Gasteiger partial charge in [-0.2, -0.15) is 0 Å². The van der Waals surface area contributed by atoms with E-state index in [1.807, 2.05) is 6.92 Å². The third kappa shape index (κ3) is 5.07. The molecule has 0 bridgehead atoms. The molecule has 9 heteroatoms. The normalized spacial score (nSPS) is 10.7. The topological polar surface area (TPSA) is 69.0 Å². The van der Waals surface area contributed by atoms with Gasteiger partial charge in [0.15, 0.2) is 22.5 Å². The van der Waals surface area contributed by atoms with E-state index in [1.165, 1.54) is 48.2 Å². The number of benzene rings is 2. The Morgan fingerprint density at radius 3 is 2.61 bits per heavy atom. The van der Waals surface area contributed by atoms with Crippen LogP contribution in [0.5, 0.6) is 5.75 Å². The summed E-state index contributed by atoms with van der Waals surface area (Å²) in [5.74, 6) is -0.269. The third-order valence-electron chi connectivity index (χ3n) is 3.76. The molecule has 0 spiro atoms. The van der Waals surface area contributed by atoms with Crippen LogP contribution < -0.4 is 10.1 Å². The summed E-state index contributed by atoms with van der Waals surface area (Å²) < 4.78 is 33.8. The Morgan fingerprint density at radius 1 is 1.14 bits per heavy atom. The van der Waals surface area contributed by atoms with E-state index >= 15 is 0 Å². The minimum Gasteiger partial charge on any atom is -0.483 e. The molecule has 0 aliphatic carbocycles. The molecule has 0 radical (unpaired) electrons. The van der Waals surface area contributed by atoms with E-state index < -0.39 is 5.82 Å². The quantitative estimate of drug-likeness (QED) is 0.577. The molecule has 0 saturated carbocycles. The number of hydrogen-bond donors (Lipinski definition) is 1. The lowest BCUT2D eigenvalue weighted by atomic mass is 10.3. The maximum Gasteiger partial charge on any atom is 0.234 e. The zero-order valence-corrected chi connectivity index (χ0v) is 15.9. The smallest absolute Gasteiger partial charge is 0.234 e. The van der Waals surface area contributed by atoms with Crippen molar-refractivity contribution in [2.45, 2.75) is 25.2 Å². The summed E-state index contributed by atoms with van der Waals surface area (Å²) in [6.07, 6.45) is 0. The van der Waals surface area contributed by atoms with Gasteiger partial charge in [-0.25, -0.2) is 8.78 Å². The fourth-order valence-electron chi connectivity index (χ4n) is 2.41. The van der Waals surface area contributed by atoms with Crippen LogP contribution in [-0.2, 0) is 17.9 Å². The highest BCUT2D eigenvalue weighted by Gasteiger charge is 2.14. The van der Waals surface area contributed by atoms with E-state index in [2.05, 4.69) is 15.5 Å². The van der Waals surface area contributed by atoms with Crippen molar-refractivity contribution < 1.29 is 18.3 Å². The number of carbonyl (C=O) groups excluding carboxylic acids is 1. The molecule has 1 N–H and O–H groups in total. The van der Waals surface area contributed by atoms with Crippen LogP contribution in [0.25, 0.3) is 0 Å². The minimum absolute atomic E-state index is 0.0596.